The second kappa shape index (κ2) is 11.1. The first-order valence-electron chi connectivity index (χ1n) is 8.85. The van der Waals surface area contributed by atoms with Crippen molar-refractivity contribution >= 4 is 30.0 Å². The van der Waals surface area contributed by atoms with Crippen LogP contribution in [0.25, 0.3) is 0 Å². The number of hydrogen-bond donors (Lipinski definition) is 0. The van der Waals surface area contributed by atoms with E-state index in [-0.39, 0.29) is 17.4 Å². The third-order valence-corrected chi connectivity index (χ3v) is 13.2. The Hall–Kier alpha value is 0.806. The second-order valence-corrected chi connectivity index (χ2v) is 15.9. The van der Waals surface area contributed by atoms with Crippen molar-refractivity contribution in [3.63, 3.8) is 0 Å². The third-order valence-electron chi connectivity index (χ3n) is 5.59. The first-order valence-corrected chi connectivity index (χ1v) is 14.9. The summed E-state index contributed by atoms with van der Waals surface area (Å²) in [7, 11) is 7.97. The van der Waals surface area contributed by atoms with Gasteiger partial charge < -0.3 is 0 Å². The molecule has 26 heavy (non-hydrogen) atoms. The summed E-state index contributed by atoms with van der Waals surface area (Å²) in [5.74, 6) is 0.723. The van der Waals surface area contributed by atoms with Crippen LogP contribution in [0, 0.1) is 17.8 Å². The Bertz CT molecular complexity index is 390. The van der Waals surface area contributed by atoms with Crippen molar-refractivity contribution < 1.29 is 26.3 Å². The summed E-state index contributed by atoms with van der Waals surface area (Å²) in [5, 5.41) is 0. The minimum atomic E-state index is -3.71. The molecule has 9 heteroatoms. The van der Waals surface area contributed by atoms with Crippen LogP contribution in [-0.4, -0.2) is 76.7 Å². The Kier molecular flexibility index (Phi) is 11.5. The summed E-state index contributed by atoms with van der Waals surface area (Å²) >= 11 is -6.11. The molecule has 0 aliphatic carbocycles. The van der Waals surface area contributed by atoms with Gasteiger partial charge in [0.25, 0.3) is 0 Å². The molecule has 0 spiro atoms. The van der Waals surface area contributed by atoms with Gasteiger partial charge in [-0.05, 0) is 0 Å². The van der Waals surface area contributed by atoms with Crippen LogP contribution in [0.5, 0.6) is 0 Å². The fourth-order valence-electron chi connectivity index (χ4n) is 2.96. The van der Waals surface area contributed by atoms with Crippen LogP contribution in [0.1, 0.15) is 48.5 Å². The zero-order valence-electron chi connectivity index (χ0n) is 18.6. The van der Waals surface area contributed by atoms with Gasteiger partial charge in [0.2, 0.25) is 0 Å². The molecular weight excluding hydrogens is 461 g/mol. The summed E-state index contributed by atoms with van der Waals surface area (Å²) in [6, 6.07) is 0. The molecule has 0 amide bonds. The fraction of sp³-hybridized carbons (Fsp3) is 1.00. The van der Waals surface area contributed by atoms with Crippen molar-refractivity contribution in [1.29, 1.82) is 0 Å². The van der Waals surface area contributed by atoms with Crippen LogP contribution in [0.4, 0.5) is 0 Å². The molecule has 0 aromatic rings. The van der Waals surface area contributed by atoms with Crippen molar-refractivity contribution in [2.45, 2.75) is 59.7 Å². The Labute approximate surface area is 169 Å². The monoisotopic (exact) mass is 503 g/mol. The molecule has 157 valence electrons. The Morgan fingerprint density at radius 2 is 1.08 bits per heavy atom. The van der Waals surface area contributed by atoms with Gasteiger partial charge in [-0.3, -0.25) is 0 Å². The summed E-state index contributed by atoms with van der Waals surface area (Å²) in [5.41, 5.74) is -0.874. The maximum absolute atomic E-state index is 6.28. The van der Waals surface area contributed by atoms with Crippen molar-refractivity contribution in [3.8, 4) is 0 Å². The van der Waals surface area contributed by atoms with E-state index >= 15 is 0 Å². The first kappa shape index (κ1) is 26.8. The standard InChI is InChI=1S/C17H39Ge2O7/c1-13(14(2)16(4,5)25-18(20-8)21-9)15(3)17(6,7)26-19(22-10,23-11)24-12/h13-15H,1-12H3. The van der Waals surface area contributed by atoms with E-state index in [2.05, 4.69) is 48.5 Å². The molecule has 0 saturated carbocycles. The first-order chi connectivity index (χ1) is 11.9. The SMILES string of the molecule is C[O][Ge]([O]C)[O]C(C)(C)C(C)C(C)C(C)C(C)(C)[O][Ge]([O]C)([O]C)[O]C. The van der Waals surface area contributed by atoms with E-state index in [0.717, 1.165) is 0 Å². The van der Waals surface area contributed by atoms with Crippen molar-refractivity contribution in [2.75, 3.05) is 35.5 Å². The van der Waals surface area contributed by atoms with Gasteiger partial charge >= 0.3 is 169 Å². The predicted octanol–water partition coefficient (Wildman–Crippen LogP) is 3.14. The van der Waals surface area contributed by atoms with Crippen LogP contribution in [-0.2, 0) is 26.3 Å². The molecule has 0 bridgehead atoms. The van der Waals surface area contributed by atoms with Crippen LogP contribution in [0.2, 0.25) is 0 Å². The Balaban J connectivity index is 5.29. The number of hydrogen-bond acceptors (Lipinski definition) is 7. The van der Waals surface area contributed by atoms with E-state index in [1.54, 1.807) is 35.5 Å². The summed E-state index contributed by atoms with van der Waals surface area (Å²) < 4.78 is 39.6. The summed E-state index contributed by atoms with van der Waals surface area (Å²) in [4.78, 5) is 0. The topological polar surface area (TPSA) is 64.6 Å². The zero-order valence-corrected chi connectivity index (χ0v) is 22.8. The van der Waals surface area contributed by atoms with E-state index in [1.165, 1.54) is 0 Å². The van der Waals surface area contributed by atoms with Crippen molar-refractivity contribution in [1.82, 2.24) is 0 Å². The Morgan fingerprint density at radius 3 is 1.42 bits per heavy atom. The number of rotatable bonds is 13. The van der Waals surface area contributed by atoms with Gasteiger partial charge in [-0.15, -0.1) is 0 Å². The van der Waals surface area contributed by atoms with Gasteiger partial charge in [-0.1, -0.05) is 0 Å². The van der Waals surface area contributed by atoms with E-state index in [0.29, 0.717) is 5.92 Å². The van der Waals surface area contributed by atoms with Crippen LogP contribution in [0.15, 0.2) is 0 Å². The predicted molar refractivity (Wildman–Crippen MR) is 104 cm³/mol. The zero-order chi connectivity index (χ0) is 20.8. The molecule has 0 heterocycles. The molecule has 0 N–H and O–H groups in total. The quantitative estimate of drug-likeness (QED) is 0.360. The van der Waals surface area contributed by atoms with Gasteiger partial charge in [-0.25, -0.2) is 0 Å². The molecule has 7 nitrogen and oxygen atoms in total. The van der Waals surface area contributed by atoms with Crippen LogP contribution in [0.3, 0.4) is 0 Å². The molecule has 1 radical (unpaired) electrons. The van der Waals surface area contributed by atoms with E-state index in [9.17, 15) is 0 Å². The molecule has 0 rings (SSSR count). The van der Waals surface area contributed by atoms with E-state index in [1.807, 2.05) is 0 Å². The van der Waals surface area contributed by atoms with Crippen molar-refractivity contribution in [3.05, 3.63) is 0 Å². The van der Waals surface area contributed by atoms with Crippen LogP contribution < -0.4 is 0 Å². The third kappa shape index (κ3) is 7.00. The molecule has 3 atom stereocenters. The fourth-order valence-corrected chi connectivity index (χ4v) is 8.27. The van der Waals surface area contributed by atoms with Gasteiger partial charge in [0, 0.05) is 0 Å². The van der Waals surface area contributed by atoms with E-state index < -0.39 is 35.6 Å². The summed E-state index contributed by atoms with van der Waals surface area (Å²) in [6.45, 7) is 14.9. The molecule has 0 aromatic heterocycles. The molecule has 0 aliphatic heterocycles. The average molecular weight is 501 g/mol. The second-order valence-electron chi connectivity index (χ2n) is 7.62. The van der Waals surface area contributed by atoms with Gasteiger partial charge in [0.05, 0.1) is 0 Å². The molecule has 0 aromatic carbocycles. The molecule has 0 saturated heterocycles. The average Bonchev–Trinajstić information content (AvgIpc) is 2.62. The van der Waals surface area contributed by atoms with Crippen molar-refractivity contribution in [2.24, 2.45) is 17.8 Å². The van der Waals surface area contributed by atoms with Gasteiger partial charge in [-0.2, -0.15) is 0 Å². The maximum atomic E-state index is 6.28. The molecule has 3 unspecified atom stereocenters. The molecular formula is C17H39Ge2O7. The van der Waals surface area contributed by atoms with Gasteiger partial charge in [0.15, 0.2) is 0 Å². The molecule has 0 aliphatic rings. The Morgan fingerprint density at radius 1 is 0.692 bits per heavy atom. The van der Waals surface area contributed by atoms with Gasteiger partial charge in [0.1, 0.15) is 0 Å². The van der Waals surface area contributed by atoms with Crippen LogP contribution >= 0.6 is 0 Å². The normalized spacial score (nSPS) is 17.4. The minimum absolute atomic E-state index is 0.194. The van der Waals surface area contributed by atoms with E-state index in [4.69, 9.17) is 26.3 Å². The molecule has 0 fully saturated rings. The summed E-state index contributed by atoms with van der Waals surface area (Å²) in [6.07, 6.45) is 0.